The van der Waals surface area contributed by atoms with Gasteiger partial charge in [0.05, 0.1) is 21.3 Å². The largest absolute Gasteiger partial charge is 0.493 e. The molecule has 0 unspecified atom stereocenters. The molecular weight excluding hydrogens is 466 g/mol. The minimum Gasteiger partial charge on any atom is -0.493 e. The molecule has 0 atom stereocenters. The van der Waals surface area contributed by atoms with Gasteiger partial charge in [0.15, 0.2) is 11.5 Å². The molecule has 7 nitrogen and oxygen atoms in total. The Hall–Kier alpha value is -3.84. The summed E-state index contributed by atoms with van der Waals surface area (Å²) in [4.78, 5) is 18.6. The van der Waals surface area contributed by atoms with Crippen molar-refractivity contribution in [2.45, 2.75) is 19.3 Å². The lowest BCUT2D eigenvalue weighted by Gasteiger charge is -2.18. The Morgan fingerprint density at radius 2 is 1.70 bits per heavy atom. The van der Waals surface area contributed by atoms with Crippen LogP contribution in [0.5, 0.6) is 17.2 Å². The van der Waals surface area contributed by atoms with Gasteiger partial charge in [0, 0.05) is 31.9 Å². The molecule has 2 aromatic carbocycles. The molecule has 7 heteroatoms. The van der Waals surface area contributed by atoms with Gasteiger partial charge in [-0.05, 0) is 66.9 Å². The van der Waals surface area contributed by atoms with E-state index in [0.717, 1.165) is 48.2 Å². The number of nitrogens with zero attached hydrogens (tertiary/aromatic N) is 2. The molecule has 1 aromatic heterocycles. The Bertz CT molecular complexity index is 1120. The van der Waals surface area contributed by atoms with Crippen molar-refractivity contribution in [2.75, 3.05) is 48.0 Å². The smallest absolute Gasteiger partial charge is 0.223 e. The standard InChI is InChI=1S/C30H37N3O4/c1-33(19-15-24-20-27(35-2)30(37-4)28(21-24)36-3)18-7-17-32-29(34)10-5-8-23-11-13-25(14-12-23)26-9-6-16-31-22-26/h5-6,8-9,11-14,16,20-22H,7,10,15,17-19H2,1-4H3,(H,32,34). The van der Waals surface area contributed by atoms with Crippen LogP contribution in [0.25, 0.3) is 17.2 Å². The SMILES string of the molecule is COc1cc(CCN(C)CCCNC(=O)CC=Cc2ccc(-c3cccnc3)cc2)cc(OC)c1OC. The van der Waals surface area contributed by atoms with E-state index in [1.54, 1.807) is 27.5 Å². The number of rotatable bonds is 14. The second-order valence-corrected chi connectivity index (χ2v) is 8.76. The highest BCUT2D eigenvalue weighted by atomic mass is 16.5. The van der Waals surface area contributed by atoms with Crippen molar-refractivity contribution in [1.82, 2.24) is 15.2 Å². The zero-order chi connectivity index (χ0) is 26.5. The first-order valence-electron chi connectivity index (χ1n) is 12.4. The molecule has 0 aliphatic heterocycles. The number of carbonyl (C=O) groups excluding carboxylic acids is 1. The number of nitrogens with one attached hydrogen (secondary N) is 1. The lowest BCUT2D eigenvalue weighted by atomic mass is 10.1. The fourth-order valence-corrected chi connectivity index (χ4v) is 3.98. The van der Waals surface area contributed by atoms with Gasteiger partial charge in [-0.25, -0.2) is 0 Å². The molecule has 3 aromatic rings. The highest BCUT2D eigenvalue weighted by Gasteiger charge is 2.13. The maximum Gasteiger partial charge on any atom is 0.223 e. The van der Waals surface area contributed by atoms with E-state index in [1.807, 2.05) is 54.7 Å². The number of hydrogen-bond donors (Lipinski definition) is 1. The molecule has 37 heavy (non-hydrogen) atoms. The third-order valence-corrected chi connectivity index (χ3v) is 6.06. The monoisotopic (exact) mass is 503 g/mol. The molecule has 0 bridgehead atoms. The fourth-order valence-electron chi connectivity index (χ4n) is 3.98. The van der Waals surface area contributed by atoms with Crippen LogP contribution < -0.4 is 19.5 Å². The molecule has 0 aliphatic carbocycles. The van der Waals surface area contributed by atoms with E-state index < -0.39 is 0 Å². The first-order valence-corrected chi connectivity index (χ1v) is 12.4. The number of amides is 1. The number of hydrogen-bond acceptors (Lipinski definition) is 6. The molecule has 0 saturated carbocycles. The Balaban J connectivity index is 1.34. The van der Waals surface area contributed by atoms with Crippen LogP contribution in [0.2, 0.25) is 0 Å². The molecule has 0 spiro atoms. The quantitative estimate of drug-likeness (QED) is 0.317. The third-order valence-electron chi connectivity index (χ3n) is 6.06. The van der Waals surface area contributed by atoms with Gasteiger partial charge in [-0.15, -0.1) is 0 Å². The highest BCUT2D eigenvalue weighted by Crippen LogP contribution is 2.38. The van der Waals surface area contributed by atoms with Crippen molar-refractivity contribution >= 4 is 12.0 Å². The third kappa shape index (κ3) is 8.65. The van der Waals surface area contributed by atoms with Crippen molar-refractivity contribution in [3.63, 3.8) is 0 Å². The summed E-state index contributed by atoms with van der Waals surface area (Å²) >= 11 is 0. The molecule has 3 rings (SSSR count). The number of carbonyl (C=O) groups is 1. The molecule has 0 saturated heterocycles. The topological polar surface area (TPSA) is 72.9 Å². The van der Waals surface area contributed by atoms with Crippen molar-refractivity contribution in [3.05, 3.63) is 78.1 Å². The molecule has 0 radical (unpaired) electrons. The fraction of sp³-hybridized carbons (Fsp3) is 0.333. The minimum absolute atomic E-state index is 0.0308. The summed E-state index contributed by atoms with van der Waals surface area (Å²) in [6.45, 7) is 2.43. The van der Waals surface area contributed by atoms with Gasteiger partial charge in [-0.1, -0.05) is 42.5 Å². The zero-order valence-electron chi connectivity index (χ0n) is 22.2. The second-order valence-electron chi connectivity index (χ2n) is 8.76. The van der Waals surface area contributed by atoms with Gasteiger partial charge in [0.2, 0.25) is 11.7 Å². The Morgan fingerprint density at radius 3 is 2.32 bits per heavy atom. The number of methoxy groups -OCH3 is 3. The van der Waals surface area contributed by atoms with Crippen molar-refractivity contribution in [3.8, 4) is 28.4 Å². The number of benzene rings is 2. The minimum atomic E-state index is 0.0308. The van der Waals surface area contributed by atoms with Crippen molar-refractivity contribution in [1.29, 1.82) is 0 Å². The number of aromatic nitrogens is 1. The predicted octanol–water partition coefficient (Wildman–Crippen LogP) is 4.86. The maximum absolute atomic E-state index is 12.2. The second kappa shape index (κ2) is 14.7. The van der Waals surface area contributed by atoms with E-state index in [0.29, 0.717) is 30.2 Å². The average Bonchev–Trinajstić information content (AvgIpc) is 2.94. The molecule has 1 N–H and O–H groups in total. The number of likely N-dealkylation sites (N-methyl/N-ethyl adjacent to an activating group) is 1. The lowest BCUT2D eigenvalue weighted by molar-refractivity contribution is -0.120. The van der Waals surface area contributed by atoms with E-state index in [4.69, 9.17) is 14.2 Å². The lowest BCUT2D eigenvalue weighted by Crippen LogP contribution is -2.28. The van der Waals surface area contributed by atoms with Gasteiger partial charge < -0.3 is 24.4 Å². The van der Waals surface area contributed by atoms with Crippen LogP contribution in [0.4, 0.5) is 0 Å². The van der Waals surface area contributed by atoms with E-state index in [-0.39, 0.29) is 5.91 Å². The number of pyridine rings is 1. The summed E-state index contributed by atoms with van der Waals surface area (Å²) in [6.07, 6.45) is 9.60. The summed E-state index contributed by atoms with van der Waals surface area (Å²) in [5.41, 5.74) is 4.39. The van der Waals surface area contributed by atoms with Crippen LogP contribution in [0.1, 0.15) is 24.0 Å². The van der Waals surface area contributed by atoms with Crippen LogP contribution in [0, 0.1) is 0 Å². The molecule has 1 heterocycles. The van der Waals surface area contributed by atoms with Gasteiger partial charge in [0.1, 0.15) is 0 Å². The zero-order valence-corrected chi connectivity index (χ0v) is 22.2. The van der Waals surface area contributed by atoms with E-state index in [2.05, 4.69) is 34.4 Å². The summed E-state index contributed by atoms with van der Waals surface area (Å²) < 4.78 is 16.3. The van der Waals surface area contributed by atoms with Gasteiger partial charge in [0.25, 0.3) is 0 Å². The van der Waals surface area contributed by atoms with Gasteiger partial charge in [-0.2, -0.15) is 0 Å². The number of ether oxygens (including phenoxy) is 3. The summed E-state index contributed by atoms with van der Waals surface area (Å²) in [5, 5.41) is 3.00. The molecular formula is C30H37N3O4. The Morgan fingerprint density at radius 1 is 0.973 bits per heavy atom. The molecule has 0 fully saturated rings. The summed E-state index contributed by atoms with van der Waals surface area (Å²) in [7, 11) is 6.94. The highest BCUT2D eigenvalue weighted by molar-refractivity contribution is 5.78. The first-order chi connectivity index (χ1) is 18.0. The Kier molecular flexibility index (Phi) is 11.0. The normalized spacial score (nSPS) is 11.1. The maximum atomic E-state index is 12.2. The van der Waals surface area contributed by atoms with Crippen molar-refractivity contribution in [2.24, 2.45) is 0 Å². The Labute approximate surface area is 220 Å². The van der Waals surface area contributed by atoms with E-state index in [9.17, 15) is 4.79 Å². The van der Waals surface area contributed by atoms with Gasteiger partial charge >= 0.3 is 0 Å². The molecule has 0 aliphatic rings. The molecule has 1 amide bonds. The van der Waals surface area contributed by atoms with Crippen LogP contribution in [-0.4, -0.2) is 63.8 Å². The average molecular weight is 504 g/mol. The van der Waals surface area contributed by atoms with Crippen molar-refractivity contribution < 1.29 is 19.0 Å². The van der Waals surface area contributed by atoms with Gasteiger partial charge in [-0.3, -0.25) is 9.78 Å². The van der Waals surface area contributed by atoms with Crippen LogP contribution in [-0.2, 0) is 11.2 Å². The summed E-state index contributed by atoms with van der Waals surface area (Å²) in [6, 6.07) is 16.2. The van der Waals surface area contributed by atoms with E-state index in [1.165, 1.54) is 0 Å². The van der Waals surface area contributed by atoms with Crippen LogP contribution in [0.15, 0.2) is 67.0 Å². The van der Waals surface area contributed by atoms with Crippen LogP contribution >= 0.6 is 0 Å². The molecule has 196 valence electrons. The first kappa shape index (κ1) is 27.7. The predicted molar refractivity (Wildman–Crippen MR) is 148 cm³/mol. The van der Waals surface area contributed by atoms with E-state index >= 15 is 0 Å². The van der Waals surface area contributed by atoms with Crippen LogP contribution in [0.3, 0.4) is 0 Å². The summed E-state index contributed by atoms with van der Waals surface area (Å²) in [5.74, 6) is 1.96.